The molecule has 166 valence electrons. The van der Waals surface area contributed by atoms with Crippen molar-refractivity contribution in [3.05, 3.63) is 12.2 Å². The van der Waals surface area contributed by atoms with Crippen molar-refractivity contribution < 1.29 is 9.53 Å². The third-order valence-corrected chi connectivity index (χ3v) is 5.54. The van der Waals surface area contributed by atoms with Crippen LogP contribution in [-0.4, -0.2) is 12.6 Å². The van der Waals surface area contributed by atoms with Crippen molar-refractivity contribution >= 4 is 5.97 Å². The lowest BCUT2D eigenvalue weighted by atomic mass is 10.0. The molecule has 0 aromatic carbocycles. The lowest BCUT2D eigenvalue weighted by molar-refractivity contribution is -0.137. The van der Waals surface area contributed by atoms with Gasteiger partial charge in [0.1, 0.15) is 0 Å². The molecule has 0 aliphatic heterocycles. The fourth-order valence-electron chi connectivity index (χ4n) is 3.71. The average molecular weight is 395 g/mol. The third kappa shape index (κ3) is 23.2. The van der Waals surface area contributed by atoms with Crippen LogP contribution < -0.4 is 0 Å². The summed E-state index contributed by atoms with van der Waals surface area (Å²) in [6, 6.07) is 0. The second-order valence-corrected chi connectivity index (χ2v) is 8.39. The van der Waals surface area contributed by atoms with E-state index in [1.807, 2.05) is 6.92 Å². The summed E-state index contributed by atoms with van der Waals surface area (Å²) >= 11 is 0. The van der Waals surface area contributed by atoms with Crippen LogP contribution in [0.15, 0.2) is 12.2 Å². The highest BCUT2D eigenvalue weighted by molar-refractivity contribution is 5.81. The van der Waals surface area contributed by atoms with E-state index in [1.165, 1.54) is 128 Å². The van der Waals surface area contributed by atoms with Gasteiger partial charge >= 0.3 is 5.97 Å². The first-order chi connectivity index (χ1) is 13.8. The molecule has 0 fully saturated rings. The monoisotopic (exact) mass is 394 g/mol. The number of hydrogen-bond donors (Lipinski definition) is 0. The standard InChI is InChI=1S/C26H50O2/c1-3-5-6-7-8-9-10-11-12-13-14-15-16-17-18-19-20-21-22-23-25-28-26(27)24-4-2/h4,24H,3,5-23,25H2,1-2H3. The highest BCUT2D eigenvalue weighted by Gasteiger charge is 1.97. The molecule has 2 heteroatoms. The first kappa shape index (κ1) is 27.2. The van der Waals surface area contributed by atoms with Crippen molar-refractivity contribution in [2.24, 2.45) is 0 Å². The molecule has 0 saturated carbocycles. The van der Waals surface area contributed by atoms with Crippen molar-refractivity contribution in [1.82, 2.24) is 0 Å². The summed E-state index contributed by atoms with van der Waals surface area (Å²) in [6.45, 7) is 4.69. The number of allylic oxidation sites excluding steroid dienone is 1. The Hall–Kier alpha value is -0.790. The summed E-state index contributed by atoms with van der Waals surface area (Å²) in [5, 5.41) is 0. The van der Waals surface area contributed by atoms with E-state index in [-0.39, 0.29) is 5.97 Å². The van der Waals surface area contributed by atoms with E-state index in [1.54, 1.807) is 6.08 Å². The minimum absolute atomic E-state index is 0.208. The summed E-state index contributed by atoms with van der Waals surface area (Å²) in [6.07, 6.45) is 31.0. The fraction of sp³-hybridized carbons (Fsp3) is 0.885. The van der Waals surface area contributed by atoms with Gasteiger partial charge in [0.25, 0.3) is 0 Å². The molecule has 0 amide bonds. The Kier molecular flexibility index (Phi) is 23.6. The maximum absolute atomic E-state index is 11.1. The van der Waals surface area contributed by atoms with Gasteiger partial charge in [0.15, 0.2) is 0 Å². The zero-order chi connectivity index (χ0) is 20.5. The second kappa shape index (κ2) is 24.2. The Balaban J connectivity index is 3.04. The van der Waals surface area contributed by atoms with Crippen molar-refractivity contribution in [3.8, 4) is 0 Å². The van der Waals surface area contributed by atoms with Gasteiger partial charge in [-0.25, -0.2) is 4.79 Å². The van der Waals surface area contributed by atoms with E-state index in [4.69, 9.17) is 4.74 Å². The van der Waals surface area contributed by atoms with Gasteiger partial charge < -0.3 is 4.74 Å². The summed E-state index contributed by atoms with van der Waals surface area (Å²) in [4.78, 5) is 11.1. The van der Waals surface area contributed by atoms with Gasteiger partial charge in [0.05, 0.1) is 6.61 Å². The van der Waals surface area contributed by atoms with Crippen molar-refractivity contribution in [3.63, 3.8) is 0 Å². The molecule has 0 saturated heterocycles. The Morgan fingerprint density at radius 2 is 0.893 bits per heavy atom. The highest BCUT2D eigenvalue weighted by atomic mass is 16.5. The van der Waals surface area contributed by atoms with Crippen LogP contribution in [0, 0.1) is 0 Å². The number of ether oxygens (including phenoxy) is 1. The van der Waals surface area contributed by atoms with Crippen molar-refractivity contribution in [2.75, 3.05) is 6.61 Å². The van der Waals surface area contributed by atoms with Gasteiger partial charge in [-0.05, 0) is 13.3 Å². The lowest BCUT2D eigenvalue weighted by Crippen LogP contribution is -2.01. The van der Waals surface area contributed by atoms with Crippen LogP contribution >= 0.6 is 0 Å². The van der Waals surface area contributed by atoms with Gasteiger partial charge in [0, 0.05) is 6.08 Å². The van der Waals surface area contributed by atoms with Crippen LogP contribution in [0.25, 0.3) is 0 Å². The first-order valence-electron chi connectivity index (χ1n) is 12.6. The smallest absolute Gasteiger partial charge is 0.330 e. The highest BCUT2D eigenvalue weighted by Crippen LogP contribution is 2.14. The molecule has 0 heterocycles. The molecule has 0 aromatic rings. The fourth-order valence-corrected chi connectivity index (χ4v) is 3.71. The Morgan fingerprint density at radius 3 is 1.21 bits per heavy atom. The number of carbonyl (C=O) groups is 1. The molecule has 0 aliphatic rings. The third-order valence-electron chi connectivity index (χ3n) is 5.54. The van der Waals surface area contributed by atoms with Crippen LogP contribution in [0.2, 0.25) is 0 Å². The van der Waals surface area contributed by atoms with E-state index in [9.17, 15) is 4.79 Å². The van der Waals surface area contributed by atoms with Gasteiger partial charge in [-0.2, -0.15) is 0 Å². The molecule has 2 nitrogen and oxygen atoms in total. The van der Waals surface area contributed by atoms with E-state index in [0.717, 1.165) is 6.42 Å². The molecular weight excluding hydrogens is 344 g/mol. The van der Waals surface area contributed by atoms with E-state index in [2.05, 4.69) is 6.92 Å². The van der Waals surface area contributed by atoms with Gasteiger partial charge in [0.2, 0.25) is 0 Å². The first-order valence-corrected chi connectivity index (χ1v) is 12.6. The summed E-state index contributed by atoms with van der Waals surface area (Å²) in [7, 11) is 0. The summed E-state index contributed by atoms with van der Waals surface area (Å²) < 4.78 is 5.09. The van der Waals surface area contributed by atoms with Crippen LogP contribution in [0.1, 0.15) is 142 Å². The predicted octanol–water partition coefficient (Wildman–Crippen LogP) is 8.93. The molecule has 0 aromatic heterocycles. The largest absolute Gasteiger partial charge is 0.463 e. The molecule has 0 aliphatic carbocycles. The quantitative estimate of drug-likeness (QED) is 0.104. The van der Waals surface area contributed by atoms with E-state index < -0.39 is 0 Å². The predicted molar refractivity (Wildman–Crippen MR) is 124 cm³/mol. The SMILES string of the molecule is CC=CC(=O)OCCCCCCCCCCCCCCCCCCCCCC. The summed E-state index contributed by atoms with van der Waals surface area (Å²) in [5.41, 5.74) is 0. The van der Waals surface area contributed by atoms with E-state index >= 15 is 0 Å². The van der Waals surface area contributed by atoms with Crippen LogP contribution in [0.5, 0.6) is 0 Å². The lowest BCUT2D eigenvalue weighted by Gasteiger charge is -2.04. The molecule has 0 atom stereocenters. The van der Waals surface area contributed by atoms with Crippen molar-refractivity contribution in [2.45, 2.75) is 142 Å². The molecular formula is C26H50O2. The number of rotatable bonds is 22. The maximum Gasteiger partial charge on any atom is 0.330 e. The zero-order valence-corrected chi connectivity index (χ0v) is 19.3. The molecule has 0 N–H and O–H groups in total. The maximum atomic E-state index is 11.1. The molecule has 28 heavy (non-hydrogen) atoms. The van der Waals surface area contributed by atoms with Crippen LogP contribution in [0.3, 0.4) is 0 Å². The minimum Gasteiger partial charge on any atom is -0.463 e. The minimum atomic E-state index is -0.208. The average Bonchev–Trinajstić information content (AvgIpc) is 2.69. The van der Waals surface area contributed by atoms with Gasteiger partial charge in [-0.1, -0.05) is 135 Å². The van der Waals surface area contributed by atoms with Crippen molar-refractivity contribution in [1.29, 1.82) is 0 Å². The normalized spacial score (nSPS) is 11.4. The molecule has 0 bridgehead atoms. The van der Waals surface area contributed by atoms with Gasteiger partial charge in [-0.3, -0.25) is 0 Å². The Morgan fingerprint density at radius 1 is 0.571 bits per heavy atom. The zero-order valence-electron chi connectivity index (χ0n) is 19.3. The summed E-state index contributed by atoms with van der Waals surface area (Å²) in [5.74, 6) is -0.208. The van der Waals surface area contributed by atoms with Crippen LogP contribution in [0.4, 0.5) is 0 Å². The molecule has 0 spiro atoms. The van der Waals surface area contributed by atoms with E-state index in [0.29, 0.717) is 6.61 Å². The second-order valence-electron chi connectivity index (χ2n) is 8.39. The number of hydrogen-bond acceptors (Lipinski definition) is 2. The number of carbonyl (C=O) groups excluding carboxylic acids is 1. The Labute approximate surface area is 176 Å². The topological polar surface area (TPSA) is 26.3 Å². The van der Waals surface area contributed by atoms with Crippen LogP contribution in [-0.2, 0) is 9.53 Å². The Bertz CT molecular complexity index is 335. The number of esters is 1. The molecule has 0 radical (unpaired) electrons. The molecule has 0 unspecified atom stereocenters. The van der Waals surface area contributed by atoms with Gasteiger partial charge in [-0.15, -0.1) is 0 Å². The number of unbranched alkanes of at least 4 members (excludes halogenated alkanes) is 19. The molecule has 0 rings (SSSR count).